The van der Waals surface area contributed by atoms with E-state index >= 15 is 0 Å². The van der Waals surface area contributed by atoms with Gasteiger partial charge in [-0.15, -0.1) is 0 Å². The molecule has 3 N–H and O–H groups in total. The average molecular weight is 344 g/mol. The number of nitrogens with one attached hydrogen (secondary N) is 1. The Hall–Kier alpha value is -2.74. The summed E-state index contributed by atoms with van der Waals surface area (Å²) >= 11 is 0. The molecule has 25 heavy (non-hydrogen) atoms. The van der Waals surface area contributed by atoms with Crippen LogP contribution in [0.5, 0.6) is 0 Å². The fourth-order valence-corrected chi connectivity index (χ4v) is 3.27. The normalized spacial score (nSPS) is 18.2. The molecule has 132 valence electrons. The Bertz CT molecular complexity index is 727. The fraction of sp³-hybridized carbons (Fsp3) is 0.412. The van der Waals surface area contributed by atoms with Crippen LogP contribution in [-0.2, 0) is 9.59 Å². The number of imide groups is 1. The molecule has 1 unspecified atom stereocenters. The second kappa shape index (κ2) is 7.02. The Morgan fingerprint density at radius 1 is 1.20 bits per heavy atom. The number of hydrogen-bond acceptors (Lipinski definition) is 6. The van der Waals surface area contributed by atoms with Crippen molar-refractivity contribution in [2.75, 3.05) is 31.1 Å². The van der Waals surface area contributed by atoms with E-state index in [9.17, 15) is 19.2 Å². The number of fused-ring (bicyclic) bond motifs is 1. The molecule has 3 rings (SSSR count). The highest BCUT2D eigenvalue weighted by Crippen LogP contribution is 2.29. The van der Waals surface area contributed by atoms with Gasteiger partial charge < -0.3 is 20.7 Å². The van der Waals surface area contributed by atoms with Crippen LogP contribution in [0.1, 0.15) is 33.6 Å². The minimum atomic E-state index is -1.11. The van der Waals surface area contributed by atoms with E-state index in [4.69, 9.17) is 5.73 Å². The second-order valence-corrected chi connectivity index (χ2v) is 6.11. The maximum absolute atomic E-state index is 12.7. The lowest BCUT2D eigenvalue weighted by atomic mass is 10.1. The average Bonchev–Trinajstić information content (AvgIpc) is 2.87. The van der Waals surface area contributed by atoms with Gasteiger partial charge in [-0.3, -0.25) is 19.3 Å². The van der Waals surface area contributed by atoms with Crippen LogP contribution in [0.2, 0.25) is 0 Å². The number of benzene rings is 1. The minimum Gasteiger partial charge on any atom is -0.369 e. The lowest BCUT2D eigenvalue weighted by molar-refractivity contribution is -0.122. The summed E-state index contributed by atoms with van der Waals surface area (Å²) in [6.45, 7) is 3.33. The van der Waals surface area contributed by atoms with Crippen molar-refractivity contribution in [1.29, 1.82) is 0 Å². The first kappa shape index (κ1) is 17.1. The van der Waals surface area contributed by atoms with Gasteiger partial charge in [0.2, 0.25) is 5.91 Å². The first-order chi connectivity index (χ1) is 12.0. The summed E-state index contributed by atoms with van der Waals surface area (Å²) in [4.78, 5) is 50.6. The van der Waals surface area contributed by atoms with Crippen LogP contribution < -0.4 is 16.0 Å². The second-order valence-electron chi connectivity index (χ2n) is 6.11. The summed E-state index contributed by atoms with van der Waals surface area (Å²) < 4.78 is 0. The number of anilines is 1. The van der Waals surface area contributed by atoms with Gasteiger partial charge in [0.15, 0.2) is 0 Å². The Balaban J connectivity index is 1.90. The van der Waals surface area contributed by atoms with Crippen LogP contribution in [-0.4, -0.2) is 61.1 Å². The Kier molecular flexibility index (Phi) is 4.80. The first-order valence-corrected chi connectivity index (χ1v) is 8.25. The van der Waals surface area contributed by atoms with Crippen molar-refractivity contribution in [2.24, 2.45) is 5.73 Å². The molecule has 0 bridgehead atoms. The quantitative estimate of drug-likeness (QED) is 0.533. The highest BCUT2D eigenvalue weighted by atomic mass is 16.2. The molecule has 2 aliphatic heterocycles. The van der Waals surface area contributed by atoms with Gasteiger partial charge in [-0.05, 0) is 24.6 Å². The smallest absolute Gasteiger partial charge is 0.262 e. The maximum atomic E-state index is 12.7. The topological polar surface area (TPSA) is 113 Å². The number of hydrogen-bond donors (Lipinski definition) is 2. The molecule has 2 heterocycles. The fourth-order valence-electron chi connectivity index (χ4n) is 3.27. The molecule has 8 heteroatoms. The zero-order chi connectivity index (χ0) is 18.0. The molecule has 2 aliphatic rings. The molecule has 3 amide bonds. The van der Waals surface area contributed by atoms with Gasteiger partial charge in [0.25, 0.3) is 11.8 Å². The largest absolute Gasteiger partial charge is 0.369 e. The van der Waals surface area contributed by atoms with Crippen LogP contribution in [0.3, 0.4) is 0 Å². The highest BCUT2D eigenvalue weighted by molar-refractivity contribution is 6.23. The third kappa shape index (κ3) is 3.12. The van der Waals surface area contributed by atoms with E-state index in [1.807, 2.05) is 6.07 Å². The van der Waals surface area contributed by atoms with Crippen molar-refractivity contribution in [3.63, 3.8) is 0 Å². The molecule has 8 nitrogen and oxygen atoms in total. The van der Waals surface area contributed by atoms with Crippen LogP contribution in [0.4, 0.5) is 5.69 Å². The van der Waals surface area contributed by atoms with Crippen molar-refractivity contribution >= 4 is 29.7 Å². The predicted octanol–water partition coefficient (Wildman–Crippen LogP) is -0.475. The molecule has 0 spiro atoms. The summed E-state index contributed by atoms with van der Waals surface area (Å²) in [5.41, 5.74) is 6.76. The minimum absolute atomic E-state index is 0.0367. The Morgan fingerprint density at radius 3 is 2.52 bits per heavy atom. The number of aldehydes is 1. The van der Waals surface area contributed by atoms with E-state index < -0.39 is 23.8 Å². The molecular formula is C17H20N4O4. The van der Waals surface area contributed by atoms with Gasteiger partial charge in [0.1, 0.15) is 12.3 Å². The van der Waals surface area contributed by atoms with E-state index in [0.29, 0.717) is 6.29 Å². The molecule has 0 saturated carbocycles. The van der Waals surface area contributed by atoms with Crippen LogP contribution >= 0.6 is 0 Å². The summed E-state index contributed by atoms with van der Waals surface area (Å²) in [7, 11) is 0. The summed E-state index contributed by atoms with van der Waals surface area (Å²) in [6, 6.07) is 4.01. The van der Waals surface area contributed by atoms with Crippen LogP contribution in [0.15, 0.2) is 18.2 Å². The molecule has 1 fully saturated rings. The molecule has 1 aromatic rings. The van der Waals surface area contributed by atoms with Crippen molar-refractivity contribution in [1.82, 2.24) is 10.2 Å². The molecule has 0 aromatic heterocycles. The summed E-state index contributed by atoms with van der Waals surface area (Å²) in [6.07, 6.45) is 0.721. The van der Waals surface area contributed by atoms with E-state index in [0.717, 1.165) is 36.8 Å². The first-order valence-electron chi connectivity index (χ1n) is 8.25. The lowest BCUT2D eigenvalue weighted by Crippen LogP contribution is -2.47. The molecule has 1 saturated heterocycles. The lowest BCUT2D eigenvalue weighted by Gasteiger charge is -2.29. The Labute approximate surface area is 144 Å². The number of carbonyl (C=O) groups excluding carboxylic acids is 4. The number of nitrogens with two attached hydrogens (primary N) is 1. The zero-order valence-electron chi connectivity index (χ0n) is 13.7. The van der Waals surface area contributed by atoms with Crippen molar-refractivity contribution in [3.05, 3.63) is 29.3 Å². The van der Waals surface area contributed by atoms with Gasteiger partial charge >= 0.3 is 0 Å². The predicted molar refractivity (Wildman–Crippen MR) is 90.3 cm³/mol. The molecule has 0 radical (unpaired) electrons. The SMILES string of the molecule is NC(=O)C(CCC=O)N1C(=O)c2ccc(N3CCNCC3)cc2C1=O. The number of rotatable bonds is 6. The molecule has 0 aliphatic carbocycles. The maximum Gasteiger partial charge on any atom is 0.262 e. The number of primary amides is 1. The zero-order valence-corrected chi connectivity index (χ0v) is 13.7. The van der Waals surface area contributed by atoms with Crippen LogP contribution in [0.25, 0.3) is 0 Å². The standard InChI is InChI=1S/C17H20N4O4/c18-15(23)14(2-1-9-22)21-16(24)12-4-3-11(10-13(12)17(21)25)20-7-5-19-6-8-20/h3-4,9-10,14,19H,1-2,5-8H2,(H2,18,23). The van der Waals surface area contributed by atoms with Gasteiger partial charge in [-0.25, -0.2) is 0 Å². The van der Waals surface area contributed by atoms with Gasteiger partial charge in [0, 0.05) is 38.3 Å². The number of nitrogens with zero attached hydrogens (tertiary/aromatic N) is 2. The van der Waals surface area contributed by atoms with E-state index in [-0.39, 0.29) is 24.0 Å². The van der Waals surface area contributed by atoms with Crippen LogP contribution in [0, 0.1) is 0 Å². The third-order valence-corrected chi connectivity index (χ3v) is 4.58. The molecule has 1 atom stereocenters. The summed E-state index contributed by atoms with van der Waals surface area (Å²) in [5, 5.41) is 3.26. The van der Waals surface area contributed by atoms with Gasteiger partial charge in [-0.2, -0.15) is 0 Å². The van der Waals surface area contributed by atoms with Gasteiger partial charge in [-0.1, -0.05) is 0 Å². The van der Waals surface area contributed by atoms with Crippen molar-refractivity contribution < 1.29 is 19.2 Å². The van der Waals surface area contributed by atoms with Gasteiger partial charge in [0.05, 0.1) is 11.1 Å². The van der Waals surface area contributed by atoms with Crippen molar-refractivity contribution in [3.8, 4) is 0 Å². The number of amides is 3. The monoisotopic (exact) mass is 344 g/mol. The molecule has 1 aromatic carbocycles. The van der Waals surface area contributed by atoms with Crippen molar-refractivity contribution in [2.45, 2.75) is 18.9 Å². The Morgan fingerprint density at radius 2 is 1.88 bits per heavy atom. The highest BCUT2D eigenvalue weighted by Gasteiger charge is 2.42. The number of piperazine rings is 1. The summed E-state index contributed by atoms with van der Waals surface area (Å²) in [5.74, 6) is -1.87. The number of carbonyl (C=O) groups is 4. The van der Waals surface area contributed by atoms with E-state index in [2.05, 4.69) is 10.2 Å². The van der Waals surface area contributed by atoms with E-state index in [1.165, 1.54) is 0 Å². The third-order valence-electron chi connectivity index (χ3n) is 4.58. The van der Waals surface area contributed by atoms with E-state index in [1.54, 1.807) is 12.1 Å². The molecular weight excluding hydrogens is 324 g/mol.